The molecule has 0 saturated heterocycles. The van der Waals surface area contributed by atoms with Gasteiger partial charge in [-0.15, -0.1) is 0 Å². The van der Waals surface area contributed by atoms with Crippen LogP contribution in [0.15, 0.2) is 47.5 Å². The lowest BCUT2D eigenvalue weighted by atomic mass is 10.3. The van der Waals surface area contributed by atoms with E-state index >= 15 is 0 Å². The van der Waals surface area contributed by atoms with Crippen molar-refractivity contribution in [3.05, 3.63) is 54.1 Å². The van der Waals surface area contributed by atoms with Gasteiger partial charge < -0.3 is 5.32 Å². The number of aromatic nitrogens is 1. The van der Waals surface area contributed by atoms with Crippen molar-refractivity contribution >= 4 is 38.3 Å². The van der Waals surface area contributed by atoms with Gasteiger partial charge in [0.25, 0.3) is 0 Å². The summed E-state index contributed by atoms with van der Waals surface area (Å²) in [6.45, 7) is 1.35. The fourth-order valence-corrected chi connectivity index (χ4v) is 3.42. The first-order valence-electron chi connectivity index (χ1n) is 7.10. The number of hydrogen-bond acceptors (Lipinski definition) is 5. The van der Waals surface area contributed by atoms with E-state index in [2.05, 4.69) is 15.3 Å². The number of hydrogen-bond donors (Lipinski definition) is 1. The molecule has 0 amide bonds. The molecular weight excluding hydrogens is 318 g/mol. The van der Waals surface area contributed by atoms with E-state index in [1.165, 1.54) is 35.6 Å². The van der Waals surface area contributed by atoms with Crippen molar-refractivity contribution in [2.45, 2.75) is 0 Å². The Hall–Kier alpha value is -2.54. The molecule has 0 fully saturated rings. The van der Waals surface area contributed by atoms with E-state index in [-0.39, 0.29) is 11.6 Å². The number of thiazole rings is 1. The Morgan fingerprint density at radius 2 is 1.83 bits per heavy atom. The Labute approximate surface area is 135 Å². The first-order chi connectivity index (χ1) is 11.2. The van der Waals surface area contributed by atoms with Crippen LogP contribution in [-0.4, -0.2) is 24.0 Å². The first-order valence-corrected chi connectivity index (χ1v) is 7.91. The van der Waals surface area contributed by atoms with Crippen LogP contribution < -0.4 is 10.2 Å². The second-order valence-corrected chi connectivity index (χ2v) is 6.11. The highest BCUT2D eigenvalue weighted by Gasteiger charge is 2.22. The minimum atomic E-state index is -0.283. The summed E-state index contributed by atoms with van der Waals surface area (Å²) in [5, 5.41) is 3.93. The van der Waals surface area contributed by atoms with Crippen LogP contribution in [-0.2, 0) is 0 Å². The van der Waals surface area contributed by atoms with Crippen molar-refractivity contribution < 1.29 is 8.78 Å². The zero-order valence-corrected chi connectivity index (χ0v) is 12.8. The summed E-state index contributed by atoms with van der Waals surface area (Å²) in [5.41, 5.74) is 1.52. The van der Waals surface area contributed by atoms with E-state index in [1.54, 1.807) is 18.2 Å². The van der Waals surface area contributed by atoms with Gasteiger partial charge in [0, 0.05) is 12.2 Å². The van der Waals surface area contributed by atoms with Crippen molar-refractivity contribution in [3.63, 3.8) is 0 Å². The number of aliphatic imine (C=N–C) groups is 1. The van der Waals surface area contributed by atoms with E-state index in [0.717, 1.165) is 21.0 Å². The number of rotatable bonds is 2. The molecule has 0 unspecified atom stereocenters. The normalized spacial score (nSPS) is 14.3. The molecule has 1 aliphatic heterocycles. The SMILES string of the molecule is Fc1ccc(NC2=NCCN2c2nc3ccc(F)cc3s2)cc1. The zero-order chi connectivity index (χ0) is 15.8. The fourth-order valence-electron chi connectivity index (χ4n) is 2.40. The average Bonchev–Trinajstić information content (AvgIpc) is 3.15. The van der Waals surface area contributed by atoms with Crippen molar-refractivity contribution in [1.82, 2.24) is 4.98 Å². The summed E-state index contributed by atoms with van der Waals surface area (Å²) in [6, 6.07) is 10.7. The lowest BCUT2D eigenvalue weighted by Crippen LogP contribution is -2.32. The summed E-state index contributed by atoms with van der Waals surface area (Å²) in [5.74, 6) is 0.109. The molecule has 1 aromatic heterocycles. The van der Waals surface area contributed by atoms with Crippen LogP contribution in [0.25, 0.3) is 10.2 Å². The molecule has 116 valence electrons. The smallest absolute Gasteiger partial charge is 0.204 e. The molecule has 0 radical (unpaired) electrons. The van der Waals surface area contributed by atoms with Crippen molar-refractivity contribution in [1.29, 1.82) is 0 Å². The maximum absolute atomic E-state index is 13.3. The highest BCUT2D eigenvalue weighted by Crippen LogP contribution is 2.30. The second kappa shape index (κ2) is 5.58. The van der Waals surface area contributed by atoms with E-state index in [1.807, 2.05) is 4.90 Å². The number of halogens is 2. The van der Waals surface area contributed by atoms with Crippen LogP contribution in [0, 0.1) is 11.6 Å². The van der Waals surface area contributed by atoms with Crippen LogP contribution in [0.1, 0.15) is 0 Å². The third-order valence-electron chi connectivity index (χ3n) is 3.51. The third-order valence-corrected chi connectivity index (χ3v) is 4.55. The molecule has 1 N–H and O–H groups in total. The van der Waals surface area contributed by atoms with Gasteiger partial charge in [-0.3, -0.25) is 9.89 Å². The Morgan fingerprint density at radius 1 is 1.04 bits per heavy atom. The third kappa shape index (κ3) is 2.75. The maximum atomic E-state index is 13.3. The molecule has 2 aromatic carbocycles. The molecule has 1 aliphatic rings. The minimum absolute atomic E-state index is 0.271. The van der Waals surface area contributed by atoms with Gasteiger partial charge in [0.1, 0.15) is 11.6 Å². The Kier molecular flexibility index (Phi) is 3.42. The van der Waals surface area contributed by atoms with Gasteiger partial charge in [-0.25, -0.2) is 13.8 Å². The summed E-state index contributed by atoms with van der Waals surface area (Å²) in [4.78, 5) is 10.9. The van der Waals surface area contributed by atoms with Crippen LogP contribution in [0.2, 0.25) is 0 Å². The number of benzene rings is 2. The lowest BCUT2D eigenvalue weighted by molar-refractivity contribution is 0.628. The van der Waals surface area contributed by atoms with Crippen LogP contribution in [0.4, 0.5) is 19.6 Å². The quantitative estimate of drug-likeness (QED) is 0.775. The lowest BCUT2D eigenvalue weighted by Gasteiger charge is -2.18. The van der Waals surface area contributed by atoms with Crippen molar-refractivity contribution in [3.8, 4) is 0 Å². The standard InChI is InChI=1S/C16H12F2N4S/c17-10-1-4-12(5-2-10)20-15-19-7-8-22(15)16-21-13-6-3-11(18)9-14(13)23-16/h1-6,9H,7-8H2,(H,19,20). The first kappa shape index (κ1) is 14.1. The summed E-state index contributed by atoms with van der Waals surface area (Å²) < 4.78 is 27.1. The van der Waals surface area contributed by atoms with Crippen LogP contribution >= 0.6 is 11.3 Å². The number of fused-ring (bicyclic) bond motifs is 1. The molecule has 0 saturated carbocycles. The van der Waals surface area contributed by atoms with Crippen molar-refractivity contribution in [2.75, 3.05) is 23.3 Å². The number of nitrogens with one attached hydrogen (secondary N) is 1. The van der Waals surface area contributed by atoms with Gasteiger partial charge in [0.05, 0.1) is 16.8 Å². The van der Waals surface area contributed by atoms with Gasteiger partial charge in [-0.05, 0) is 42.5 Å². The Bertz CT molecular complexity index is 889. The Morgan fingerprint density at radius 3 is 2.65 bits per heavy atom. The zero-order valence-electron chi connectivity index (χ0n) is 12.0. The molecule has 0 bridgehead atoms. The largest absolute Gasteiger partial charge is 0.326 e. The van der Waals surface area contributed by atoms with Gasteiger partial charge in [-0.2, -0.15) is 0 Å². The number of nitrogens with zero attached hydrogens (tertiary/aromatic N) is 3. The molecule has 2 heterocycles. The highest BCUT2D eigenvalue weighted by atomic mass is 32.1. The minimum Gasteiger partial charge on any atom is -0.326 e. The molecule has 23 heavy (non-hydrogen) atoms. The van der Waals surface area contributed by atoms with Gasteiger partial charge in [0.2, 0.25) is 5.96 Å². The monoisotopic (exact) mass is 330 g/mol. The number of anilines is 2. The molecule has 0 atom stereocenters. The van der Waals surface area contributed by atoms with Gasteiger partial charge in [0.15, 0.2) is 5.13 Å². The second-order valence-electron chi connectivity index (χ2n) is 5.10. The van der Waals surface area contributed by atoms with E-state index in [0.29, 0.717) is 19.0 Å². The van der Waals surface area contributed by atoms with Gasteiger partial charge in [-0.1, -0.05) is 11.3 Å². The fraction of sp³-hybridized carbons (Fsp3) is 0.125. The van der Waals surface area contributed by atoms with E-state index < -0.39 is 0 Å². The molecule has 0 spiro atoms. The summed E-state index contributed by atoms with van der Waals surface area (Å²) >= 11 is 1.42. The molecule has 0 aliphatic carbocycles. The predicted octanol–water partition coefficient (Wildman–Crippen LogP) is 3.86. The van der Waals surface area contributed by atoms with E-state index in [9.17, 15) is 8.78 Å². The highest BCUT2D eigenvalue weighted by molar-refractivity contribution is 7.22. The molecule has 4 nitrogen and oxygen atoms in total. The maximum Gasteiger partial charge on any atom is 0.204 e. The topological polar surface area (TPSA) is 40.5 Å². The summed E-state index contributed by atoms with van der Waals surface area (Å²) in [6.07, 6.45) is 0. The van der Waals surface area contributed by atoms with Gasteiger partial charge >= 0.3 is 0 Å². The molecule has 4 rings (SSSR count). The Balaban J connectivity index is 1.62. The summed E-state index contributed by atoms with van der Waals surface area (Å²) in [7, 11) is 0. The van der Waals surface area contributed by atoms with Crippen LogP contribution in [0.5, 0.6) is 0 Å². The molecule has 7 heteroatoms. The van der Waals surface area contributed by atoms with Crippen LogP contribution in [0.3, 0.4) is 0 Å². The molecular formula is C16H12F2N4S. The van der Waals surface area contributed by atoms with E-state index in [4.69, 9.17) is 0 Å². The number of guanidine groups is 1. The predicted molar refractivity (Wildman–Crippen MR) is 89.2 cm³/mol. The molecule has 3 aromatic rings. The average molecular weight is 330 g/mol. The van der Waals surface area contributed by atoms with Crippen molar-refractivity contribution in [2.24, 2.45) is 4.99 Å².